The third-order valence-electron chi connectivity index (χ3n) is 3.95. The Hall–Kier alpha value is -2.34. The van der Waals surface area contributed by atoms with Crippen LogP contribution in [0.25, 0.3) is 0 Å². The average Bonchev–Trinajstić information content (AvgIpc) is 2.87. The first kappa shape index (κ1) is 15.6. The number of hydrogen-bond donors (Lipinski definition) is 0. The minimum Gasteiger partial charge on any atom is -0.491 e. The summed E-state index contributed by atoms with van der Waals surface area (Å²) in [4.78, 5) is 16.9. The number of benzene rings is 1. The molecule has 1 aromatic heterocycles. The number of nitrogens with zero attached hydrogens (tertiary/aromatic N) is 4. The van der Waals surface area contributed by atoms with Crippen LogP contribution < -0.4 is 4.74 Å². The van der Waals surface area contributed by atoms with Gasteiger partial charge in [0.15, 0.2) is 0 Å². The normalized spacial score (nSPS) is 17.6. The lowest BCUT2D eigenvalue weighted by atomic mass is 10.1. The molecule has 0 radical (unpaired) electrons. The predicted molar refractivity (Wildman–Crippen MR) is 87.4 cm³/mol. The van der Waals surface area contributed by atoms with Crippen molar-refractivity contribution in [3.63, 3.8) is 0 Å². The lowest BCUT2D eigenvalue weighted by Gasteiger charge is -2.30. The molecule has 1 atom stereocenters. The molecule has 1 amide bonds. The second kappa shape index (κ2) is 6.42. The van der Waals surface area contributed by atoms with E-state index in [0.717, 1.165) is 17.9 Å². The van der Waals surface area contributed by atoms with Crippen LogP contribution in [0.5, 0.6) is 5.75 Å². The summed E-state index contributed by atoms with van der Waals surface area (Å²) in [6, 6.07) is 9.62. The van der Waals surface area contributed by atoms with Crippen LogP contribution in [-0.2, 0) is 13.6 Å². The first-order valence-corrected chi connectivity index (χ1v) is 7.70. The molecule has 0 aliphatic carbocycles. The average molecular weight is 314 g/mol. The number of hydrogen-bond acceptors (Lipinski definition) is 4. The number of aromatic nitrogens is 2. The van der Waals surface area contributed by atoms with Crippen LogP contribution in [0, 0.1) is 0 Å². The van der Waals surface area contributed by atoms with E-state index in [-0.39, 0.29) is 11.9 Å². The van der Waals surface area contributed by atoms with Gasteiger partial charge >= 0.3 is 0 Å². The highest BCUT2D eigenvalue weighted by atomic mass is 16.5. The van der Waals surface area contributed by atoms with Crippen molar-refractivity contribution in [1.82, 2.24) is 19.6 Å². The van der Waals surface area contributed by atoms with Gasteiger partial charge in [0.05, 0.1) is 12.6 Å². The van der Waals surface area contributed by atoms with E-state index in [1.165, 1.54) is 0 Å². The van der Waals surface area contributed by atoms with E-state index in [9.17, 15) is 4.79 Å². The van der Waals surface area contributed by atoms with Crippen LogP contribution in [-0.4, -0.2) is 58.8 Å². The molecule has 6 heteroatoms. The third-order valence-corrected chi connectivity index (χ3v) is 3.95. The molecule has 1 aromatic carbocycles. The molecule has 0 spiro atoms. The van der Waals surface area contributed by atoms with E-state index in [2.05, 4.69) is 10.00 Å². The van der Waals surface area contributed by atoms with Gasteiger partial charge in [-0.2, -0.15) is 5.10 Å². The van der Waals surface area contributed by atoms with Gasteiger partial charge in [0.25, 0.3) is 5.91 Å². The number of para-hydroxylation sites is 1. The highest BCUT2D eigenvalue weighted by Gasteiger charge is 2.30. The molecule has 1 aliphatic heterocycles. The topological polar surface area (TPSA) is 50.6 Å². The number of ether oxygens (including phenoxy) is 1. The SMILES string of the molecule is CN(C)C[C@H]1COc2ccccc2CN1C(=O)c1ccn(C)n1. The van der Waals surface area contributed by atoms with Gasteiger partial charge < -0.3 is 14.5 Å². The molecule has 23 heavy (non-hydrogen) atoms. The number of amides is 1. The third kappa shape index (κ3) is 3.37. The maximum absolute atomic E-state index is 12.9. The van der Waals surface area contributed by atoms with Gasteiger partial charge in [0, 0.05) is 25.4 Å². The van der Waals surface area contributed by atoms with E-state index in [1.54, 1.807) is 16.9 Å². The van der Waals surface area contributed by atoms with E-state index < -0.39 is 0 Å². The monoisotopic (exact) mass is 314 g/mol. The fourth-order valence-electron chi connectivity index (χ4n) is 2.85. The Labute approximate surface area is 136 Å². The van der Waals surface area contributed by atoms with E-state index >= 15 is 0 Å². The molecule has 0 fully saturated rings. The Morgan fingerprint density at radius 2 is 2.13 bits per heavy atom. The van der Waals surface area contributed by atoms with Crippen molar-refractivity contribution < 1.29 is 9.53 Å². The van der Waals surface area contributed by atoms with Crippen LogP contribution in [0.4, 0.5) is 0 Å². The van der Waals surface area contributed by atoms with Crippen molar-refractivity contribution in [2.75, 3.05) is 27.2 Å². The van der Waals surface area contributed by atoms with Crippen LogP contribution in [0.2, 0.25) is 0 Å². The Morgan fingerprint density at radius 1 is 1.35 bits per heavy atom. The summed E-state index contributed by atoms with van der Waals surface area (Å²) in [5, 5.41) is 4.26. The smallest absolute Gasteiger partial charge is 0.275 e. The van der Waals surface area contributed by atoms with Gasteiger partial charge in [0.1, 0.15) is 18.1 Å². The molecule has 1 aliphatic rings. The van der Waals surface area contributed by atoms with Crippen molar-refractivity contribution in [2.24, 2.45) is 7.05 Å². The molecule has 0 saturated heterocycles. The fraction of sp³-hybridized carbons (Fsp3) is 0.412. The van der Waals surface area contributed by atoms with Gasteiger partial charge in [-0.25, -0.2) is 0 Å². The zero-order chi connectivity index (χ0) is 16.4. The number of rotatable bonds is 3. The maximum atomic E-state index is 12.9. The first-order chi connectivity index (χ1) is 11.0. The molecule has 0 unspecified atom stereocenters. The fourth-order valence-corrected chi connectivity index (χ4v) is 2.85. The summed E-state index contributed by atoms with van der Waals surface area (Å²) < 4.78 is 7.59. The molecular weight excluding hydrogens is 292 g/mol. The number of fused-ring (bicyclic) bond motifs is 1. The largest absolute Gasteiger partial charge is 0.491 e. The summed E-state index contributed by atoms with van der Waals surface area (Å²) in [7, 11) is 5.82. The Bertz CT molecular complexity index is 695. The molecule has 0 saturated carbocycles. The minimum absolute atomic E-state index is 0.0214. The van der Waals surface area contributed by atoms with Crippen molar-refractivity contribution in [1.29, 1.82) is 0 Å². The quantitative estimate of drug-likeness (QED) is 0.859. The Kier molecular flexibility index (Phi) is 4.34. The second-order valence-electron chi connectivity index (χ2n) is 6.14. The molecule has 6 nitrogen and oxygen atoms in total. The number of carbonyl (C=O) groups is 1. The summed E-state index contributed by atoms with van der Waals surface area (Å²) in [5.74, 6) is 0.797. The predicted octanol–water partition coefficient (Wildman–Crippen LogP) is 1.39. The van der Waals surface area contributed by atoms with E-state index in [1.807, 2.05) is 50.3 Å². The first-order valence-electron chi connectivity index (χ1n) is 7.70. The highest BCUT2D eigenvalue weighted by molar-refractivity contribution is 5.92. The molecule has 2 aromatic rings. The van der Waals surface area contributed by atoms with E-state index in [0.29, 0.717) is 18.8 Å². The minimum atomic E-state index is -0.0576. The lowest BCUT2D eigenvalue weighted by Crippen LogP contribution is -2.47. The Balaban J connectivity index is 1.92. The van der Waals surface area contributed by atoms with Gasteiger partial charge in [-0.05, 0) is 26.2 Å². The maximum Gasteiger partial charge on any atom is 0.275 e. The van der Waals surface area contributed by atoms with Crippen LogP contribution >= 0.6 is 0 Å². The van der Waals surface area contributed by atoms with Gasteiger partial charge in [0.2, 0.25) is 0 Å². The van der Waals surface area contributed by atoms with Crippen molar-refractivity contribution in [3.05, 3.63) is 47.8 Å². The van der Waals surface area contributed by atoms with Gasteiger partial charge in [-0.15, -0.1) is 0 Å². The number of aryl methyl sites for hydroxylation is 1. The standard InChI is InChI=1S/C17H22N4O2/c1-19(2)11-14-12-23-16-7-5-4-6-13(16)10-21(14)17(22)15-8-9-20(3)18-15/h4-9,14H,10-12H2,1-3H3/t14-/m0/s1. The summed E-state index contributed by atoms with van der Waals surface area (Å²) in [6.07, 6.45) is 1.79. The van der Waals surface area contributed by atoms with Crippen LogP contribution in [0.1, 0.15) is 16.1 Å². The Morgan fingerprint density at radius 3 is 2.83 bits per heavy atom. The summed E-state index contributed by atoms with van der Waals surface area (Å²) in [5.41, 5.74) is 1.49. The van der Waals surface area contributed by atoms with E-state index in [4.69, 9.17) is 4.74 Å². The van der Waals surface area contributed by atoms with Crippen molar-refractivity contribution in [3.8, 4) is 5.75 Å². The highest BCUT2D eigenvalue weighted by Crippen LogP contribution is 2.26. The molecule has 0 N–H and O–H groups in total. The van der Waals surface area contributed by atoms with Gasteiger partial charge in [-0.3, -0.25) is 9.48 Å². The number of likely N-dealkylation sites (N-methyl/N-ethyl adjacent to an activating group) is 1. The summed E-state index contributed by atoms with van der Waals surface area (Å²) in [6.45, 7) is 1.75. The molecule has 2 heterocycles. The van der Waals surface area contributed by atoms with Crippen molar-refractivity contribution in [2.45, 2.75) is 12.6 Å². The molecule has 0 bridgehead atoms. The second-order valence-corrected chi connectivity index (χ2v) is 6.14. The zero-order valence-electron chi connectivity index (χ0n) is 13.8. The number of carbonyl (C=O) groups excluding carboxylic acids is 1. The van der Waals surface area contributed by atoms with Crippen LogP contribution in [0.15, 0.2) is 36.5 Å². The molecular formula is C17H22N4O2. The van der Waals surface area contributed by atoms with Gasteiger partial charge in [-0.1, -0.05) is 18.2 Å². The van der Waals surface area contributed by atoms with Crippen molar-refractivity contribution >= 4 is 5.91 Å². The molecule has 122 valence electrons. The molecule has 3 rings (SSSR count). The summed E-state index contributed by atoms with van der Waals surface area (Å²) >= 11 is 0. The van der Waals surface area contributed by atoms with Crippen LogP contribution in [0.3, 0.4) is 0 Å². The lowest BCUT2D eigenvalue weighted by molar-refractivity contribution is 0.0577. The zero-order valence-corrected chi connectivity index (χ0v) is 13.8.